The zero-order chi connectivity index (χ0) is 20.8. The van der Waals surface area contributed by atoms with Crippen LogP contribution in [0.1, 0.15) is 22.9 Å². The summed E-state index contributed by atoms with van der Waals surface area (Å²) in [5, 5.41) is 4.76. The molecule has 5 nitrogen and oxygen atoms in total. The van der Waals surface area contributed by atoms with Gasteiger partial charge in [-0.05, 0) is 35.9 Å². The Balaban J connectivity index is 1.56. The van der Waals surface area contributed by atoms with Crippen LogP contribution in [0.15, 0.2) is 94.0 Å². The number of benzene rings is 3. The Morgan fingerprint density at radius 3 is 2.40 bits per heavy atom. The minimum absolute atomic E-state index is 0.278. The molecule has 1 heterocycles. The van der Waals surface area contributed by atoms with Crippen molar-refractivity contribution in [1.82, 2.24) is 0 Å². The third-order valence-electron chi connectivity index (χ3n) is 4.64. The fourth-order valence-electron chi connectivity index (χ4n) is 3.06. The Labute approximate surface area is 180 Å². The number of methoxy groups -OCH3 is 1. The number of halogens is 1. The first-order chi connectivity index (χ1) is 14.7. The van der Waals surface area contributed by atoms with Gasteiger partial charge < -0.3 is 9.57 Å². The van der Waals surface area contributed by atoms with Crippen molar-refractivity contribution in [3.8, 4) is 5.75 Å². The third-order valence-corrected chi connectivity index (χ3v) is 5.01. The zero-order valence-electron chi connectivity index (χ0n) is 16.4. The van der Waals surface area contributed by atoms with Crippen LogP contribution in [0.25, 0.3) is 0 Å². The van der Waals surface area contributed by atoms with Gasteiger partial charge in [-0.15, -0.1) is 0 Å². The molecular formula is C24H20ClN3O2. The van der Waals surface area contributed by atoms with Crippen LogP contribution < -0.4 is 4.74 Å². The second-order valence-electron chi connectivity index (χ2n) is 6.60. The molecule has 0 aromatic heterocycles. The van der Waals surface area contributed by atoms with Crippen LogP contribution in [0.4, 0.5) is 0 Å². The largest absolute Gasteiger partial charge is 0.497 e. The highest BCUT2D eigenvalue weighted by Crippen LogP contribution is 2.26. The number of ether oxygens (including phenoxy) is 1. The molecule has 0 aliphatic carbocycles. The number of aliphatic imine (C=N–C) groups is 2. The Bertz CT molecular complexity index is 1090. The summed E-state index contributed by atoms with van der Waals surface area (Å²) < 4.78 is 5.25. The number of nitrogens with zero attached hydrogens (tertiary/aromatic N) is 3. The molecule has 6 heteroatoms. The Hall–Kier alpha value is -3.44. The molecule has 3 aromatic carbocycles. The van der Waals surface area contributed by atoms with Crippen molar-refractivity contribution < 1.29 is 9.57 Å². The molecular weight excluding hydrogens is 398 g/mol. The molecule has 150 valence electrons. The Morgan fingerprint density at radius 2 is 1.67 bits per heavy atom. The summed E-state index contributed by atoms with van der Waals surface area (Å²) in [7, 11) is 1.64. The number of rotatable bonds is 7. The van der Waals surface area contributed by atoms with Gasteiger partial charge >= 0.3 is 0 Å². The summed E-state index contributed by atoms with van der Waals surface area (Å²) in [6, 6.07) is 25.2. The van der Waals surface area contributed by atoms with Gasteiger partial charge in [-0.1, -0.05) is 65.3 Å². The van der Waals surface area contributed by atoms with E-state index in [0.29, 0.717) is 10.7 Å². The predicted octanol–water partition coefficient (Wildman–Crippen LogP) is 5.49. The zero-order valence-corrected chi connectivity index (χ0v) is 17.2. The van der Waals surface area contributed by atoms with Crippen LogP contribution in [0.3, 0.4) is 0 Å². The first-order valence-electron chi connectivity index (χ1n) is 9.48. The summed E-state index contributed by atoms with van der Waals surface area (Å²) in [5.41, 5.74) is 4.25. The molecule has 0 radical (unpaired) electrons. The second-order valence-corrected chi connectivity index (χ2v) is 7.01. The van der Waals surface area contributed by atoms with E-state index in [0.717, 1.165) is 28.2 Å². The summed E-state index contributed by atoms with van der Waals surface area (Å²) in [6.45, 7) is 0.278. The van der Waals surface area contributed by atoms with Gasteiger partial charge in [0, 0.05) is 16.1 Å². The highest BCUT2D eigenvalue weighted by molar-refractivity contribution is 6.67. The first-order valence-corrected chi connectivity index (χ1v) is 9.86. The van der Waals surface area contributed by atoms with E-state index >= 15 is 0 Å². The number of hydrogen-bond acceptors (Lipinski definition) is 5. The lowest BCUT2D eigenvalue weighted by molar-refractivity contribution is 0.132. The molecule has 1 aliphatic rings. The van der Waals surface area contributed by atoms with Gasteiger partial charge in [-0.25, -0.2) is 4.99 Å². The summed E-state index contributed by atoms with van der Waals surface area (Å²) in [6.07, 6.45) is 1.29. The minimum atomic E-state index is -0.312. The Morgan fingerprint density at radius 1 is 0.933 bits per heavy atom. The fraction of sp³-hybridized carbons (Fsp3) is 0.125. The number of oxime groups is 1. The van der Waals surface area contributed by atoms with E-state index in [1.807, 2.05) is 78.9 Å². The molecule has 1 unspecified atom stereocenters. The average Bonchev–Trinajstić information content (AvgIpc) is 3.23. The van der Waals surface area contributed by atoms with Gasteiger partial charge in [0.25, 0.3) is 0 Å². The molecule has 4 rings (SSSR count). The van der Waals surface area contributed by atoms with Crippen molar-refractivity contribution >= 4 is 29.2 Å². The van der Waals surface area contributed by atoms with Crippen molar-refractivity contribution in [1.29, 1.82) is 0 Å². The monoisotopic (exact) mass is 417 g/mol. The fourth-order valence-corrected chi connectivity index (χ4v) is 3.25. The highest BCUT2D eigenvalue weighted by atomic mass is 35.5. The molecule has 1 aliphatic heterocycles. The van der Waals surface area contributed by atoms with E-state index in [-0.39, 0.29) is 12.8 Å². The quantitative estimate of drug-likeness (QED) is 0.377. The molecule has 30 heavy (non-hydrogen) atoms. The summed E-state index contributed by atoms with van der Waals surface area (Å²) >= 11 is 6.16. The topological polar surface area (TPSA) is 55.5 Å². The van der Waals surface area contributed by atoms with Crippen molar-refractivity contribution in [2.75, 3.05) is 7.11 Å². The van der Waals surface area contributed by atoms with E-state index in [1.54, 1.807) is 13.3 Å². The van der Waals surface area contributed by atoms with Gasteiger partial charge in [-0.3, -0.25) is 4.99 Å². The lowest BCUT2D eigenvalue weighted by atomic mass is 10.1. The summed E-state index contributed by atoms with van der Waals surface area (Å²) in [5.74, 6) is 0.784. The Kier molecular flexibility index (Phi) is 6.20. The van der Waals surface area contributed by atoms with E-state index in [2.05, 4.69) is 5.16 Å². The molecule has 0 bridgehead atoms. The van der Waals surface area contributed by atoms with Crippen molar-refractivity contribution in [2.45, 2.75) is 12.8 Å². The molecule has 1 atom stereocenters. The van der Waals surface area contributed by atoms with Gasteiger partial charge in [0.1, 0.15) is 18.1 Å². The van der Waals surface area contributed by atoms with E-state index < -0.39 is 0 Å². The standard InChI is InChI=1S/C24H20ClN3O2/c1-29-20-13-11-17(12-14-20)23-22(27-24(28-23)18-7-3-2-4-8-18)15-26-30-16-19-9-5-6-10-21(19)25/h2-15,24H,16H2,1H3/b26-15+. The van der Waals surface area contributed by atoms with Crippen molar-refractivity contribution in [3.05, 3.63) is 101 Å². The lowest BCUT2D eigenvalue weighted by Gasteiger charge is -2.05. The van der Waals surface area contributed by atoms with Gasteiger partial charge in [-0.2, -0.15) is 0 Å². The molecule has 0 N–H and O–H groups in total. The first kappa shape index (κ1) is 19.9. The van der Waals surface area contributed by atoms with Crippen LogP contribution in [-0.4, -0.2) is 24.7 Å². The molecule has 0 amide bonds. The van der Waals surface area contributed by atoms with Crippen LogP contribution in [0.2, 0.25) is 5.02 Å². The van der Waals surface area contributed by atoms with Crippen LogP contribution in [0, 0.1) is 0 Å². The van der Waals surface area contributed by atoms with Gasteiger partial charge in [0.2, 0.25) is 0 Å². The normalized spacial score (nSPS) is 15.7. The van der Waals surface area contributed by atoms with E-state index in [1.165, 1.54) is 0 Å². The van der Waals surface area contributed by atoms with Crippen molar-refractivity contribution in [3.63, 3.8) is 0 Å². The number of hydrogen-bond donors (Lipinski definition) is 0. The average molecular weight is 418 g/mol. The van der Waals surface area contributed by atoms with E-state index in [9.17, 15) is 0 Å². The molecule has 0 saturated heterocycles. The maximum absolute atomic E-state index is 6.16. The van der Waals surface area contributed by atoms with Crippen LogP contribution >= 0.6 is 11.6 Å². The van der Waals surface area contributed by atoms with Gasteiger partial charge in [0.05, 0.1) is 19.0 Å². The molecule has 3 aromatic rings. The van der Waals surface area contributed by atoms with Crippen molar-refractivity contribution in [2.24, 2.45) is 15.1 Å². The van der Waals surface area contributed by atoms with Gasteiger partial charge in [0.15, 0.2) is 6.17 Å². The third kappa shape index (κ3) is 4.58. The highest BCUT2D eigenvalue weighted by Gasteiger charge is 2.22. The van der Waals surface area contributed by atoms with E-state index in [4.69, 9.17) is 31.2 Å². The summed E-state index contributed by atoms with van der Waals surface area (Å²) in [4.78, 5) is 15.0. The minimum Gasteiger partial charge on any atom is -0.497 e. The van der Waals surface area contributed by atoms with Crippen LogP contribution in [-0.2, 0) is 11.4 Å². The molecule has 0 spiro atoms. The molecule has 0 fully saturated rings. The maximum atomic E-state index is 6.16. The maximum Gasteiger partial charge on any atom is 0.166 e. The lowest BCUT2D eigenvalue weighted by Crippen LogP contribution is -2.14. The molecule has 0 saturated carbocycles. The smallest absolute Gasteiger partial charge is 0.166 e. The SMILES string of the molecule is COc1ccc(C2=NC(c3ccccc3)N=C2/C=N/OCc2ccccc2Cl)cc1. The van der Waals surface area contributed by atoms with Crippen LogP contribution in [0.5, 0.6) is 5.75 Å². The predicted molar refractivity (Wildman–Crippen MR) is 121 cm³/mol. The second kappa shape index (κ2) is 9.37.